The predicted octanol–water partition coefficient (Wildman–Crippen LogP) is 3.47. The molecule has 0 saturated carbocycles. The van der Waals surface area contributed by atoms with Crippen molar-refractivity contribution in [1.29, 1.82) is 0 Å². The predicted molar refractivity (Wildman–Crippen MR) is 166 cm³/mol. The molecule has 0 spiro atoms. The van der Waals surface area contributed by atoms with Crippen molar-refractivity contribution in [1.82, 2.24) is 14.9 Å². The van der Waals surface area contributed by atoms with Crippen molar-refractivity contribution in [3.8, 4) is 11.4 Å². The van der Waals surface area contributed by atoms with Crippen LogP contribution in [-0.2, 0) is 42.5 Å². The number of carbonyl (C=O) groups excluding carboxylic acids is 4. The summed E-state index contributed by atoms with van der Waals surface area (Å²) in [5, 5.41) is 1.95. The van der Waals surface area contributed by atoms with E-state index in [-0.39, 0.29) is 34.7 Å². The van der Waals surface area contributed by atoms with Crippen LogP contribution in [0.3, 0.4) is 0 Å². The summed E-state index contributed by atoms with van der Waals surface area (Å²) in [6, 6.07) is 19.6. The second-order valence-electron chi connectivity index (χ2n) is 10.3. The SMILES string of the molecule is C=CCOC(=O)c1cccc(COC(=O)C(N)(C(=O)NC(Cc2ccccc2)C(=O)C(F)(F)F)n2c(-c3ccccc3)nccc2=O)c1. The lowest BCUT2D eigenvalue weighted by Gasteiger charge is -2.31. The minimum absolute atomic E-state index is 0.0609. The van der Waals surface area contributed by atoms with Crippen LogP contribution in [0.2, 0.25) is 0 Å². The normalized spacial score (nSPS) is 13.0. The fourth-order valence-corrected chi connectivity index (χ4v) is 4.62. The van der Waals surface area contributed by atoms with Gasteiger partial charge in [0.25, 0.3) is 22.9 Å². The molecule has 1 aromatic heterocycles. The van der Waals surface area contributed by atoms with Crippen LogP contribution >= 0.6 is 0 Å². The van der Waals surface area contributed by atoms with Gasteiger partial charge in [-0.3, -0.25) is 24.7 Å². The summed E-state index contributed by atoms with van der Waals surface area (Å²) in [6.45, 7) is 2.80. The number of nitrogens with one attached hydrogen (secondary N) is 1. The van der Waals surface area contributed by atoms with Crippen molar-refractivity contribution in [2.75, 3.05) is 6.61 Å². The summed E-state index contributed by atoms with van der Waals surface area (Å²) in [7, 11) is 0. The molecule has 0 saturated heterocycles. The minimum Gasteiger partial charge on any atom is -0.458 e. The number of carbonyl (C=O) groups is 4. The molecule has 2 unspecified atom stereocenters. The van der Waals surface area contributed by atoms with Crippen LogP contribution in [0.4, 0.5) is 13.2 Å². The zero-order chi connectivity index (χ0) is 34.9. The Bertz CT molecular complexity index is 1860. The second-order valence-corrected chi connectivity index (χ2v) is 10.3. The fourth-order valence-electron chi connectivity index (χ4n) is 4.62. The molecule has 1 heterocycles. The van der Waals surface area contributed by atoms with Crippen molar-refractivity contribution >= 4 is 23.6 Å². The lowest BCUT2D eigenvalue weighted by molar-refractivity contribution is -0.174. The summed E-state index contributed by atoms with van der Waals surface area (Å²) in [6.07, 6.45) is -3.56. The van der Waals surface area contributed by atoms with E-state index in [4.69, 9.17) is 15.2 Å². The Kier molecular flexibility index (Phi) is 11.0. The van der Waals surface area contributed by atoms with Crippen LogP contribution in [0.1, 0.15) is 21.5 Å². The van der Waals surface area contributed by atoms with Crippen LogP contribution in [0, 0.1) is 0 Å². The third kappa shape index (κ3) is 8.09. The molecule has 0 radical (unpaired) electrons. The number of nitrogens with zero attached hydrogens (tertiary/aromatic N) is 2. The number of hydrogen-bond acceptors (Lipinski definition) is 9. The molecule has 2 atom stereocenters. The van der Waals surface area contributed by atoms with Gasteiger partial charge in [-0.05, 0) is 23.3 Å². The Hall–Kier alpha value is -5.89. The smallest absolute Gasteiger partial charge is 0.452 e. The third-order valence-corrected chi connectivity index (χ3v) is 6.94. The molecule has 0 aliphatic heterocycles. The first-order valence-electron chi connectivity index (χ1n) is 14.3. The number of halogens is 3. The molecule has 0 bridgehead atoms. The van der Waals surface area contributed by atoms with E-state index in [0.717, 1.165) is 12.3 Å². The maximum absolute atomic E-state index is 14.0. The molecule has 4 rings (SSSR count). The van der Waals surface area contributed by atoms with Gasteiger partial charge >= 0.3 is 18.1 Å². The zero-order valence-corrected chi connectivity index (χ0v) is 25.2. The molecule has 11 nitrogen and oxygen atoms in total. The third-order valence-electron chi connectivity index (χ3n) is 6.94. The molecule has 3 aromatic carbocycles. The van der Waals surface area contributed by atoms with Gasteiger partial charge in [-0.25, -0.2) is 14.6 Å². The van der Waals surface area contributed by atoms with Crippen molar-refractivity contribution in [2.24, 2.45) is 5.73 Å². The van der Waals surface area contributed by atoms with Crippen molar-refractivity contribution in [2.45, 2.75) is 30.9 Å². The molecular formula is C34H29F3N4O7. The fraction of sp³-hybridized carbons (Fsp3) is 0.176. The summed E-state index contributed by atoms with van der Waals surface area (Å²) >= 11 is 0. The highest BCUT2D eigenvalue weighted by Crippen LogP contribution is 2.24. The summed E-state index contributed by atoms with van der Waals surface area (Å²) < 4.78 is 52.0. The Morgan fingerprint density at radius 2 is 1.56 bits per heavy atom. The number of benzene rings is 3. The number of Topliss-reactive ketones (excluding diaryl/α,β-unsaturated/α-hetero) is 1. The molecule has 0 aliphatic rings. The Morgan fingerprint density at radius 1 is 0.917 bits per heavy atom. The average Bonchev–Trinajstić information content (AvgIpc) is 3.08. The molecule has 14 heteroatoms. The first kappa shape index (κ1) is 35.0. The number of rotatable bonds is 13. The minimum atomic E-state index is -5.39. The van der Waals surface area contributed by atoms with Gasteiger partial charge in [0.1, 0.15) is 25.1 Å². The van der Waals surface area contributed by atoms with Gasteiger partial charge in [0, 0.05) is 24.2 Å². The Morgan fingerprint density at radius 3 is 2.21 bits per heavy atom. The van der Waals surface area contributed by atoms with Crippen LogP contribution in [0.25, 0.3) is 11.4 Å². The van der Waals surface area contributed by atoms with E-state index in [1.54, 1.807) is 24.3 Å². The second kappa shape index (κ2) is 15.1. The van der Waals surface area contributed by atoms with E-state index < -0.39 is 60.1 Å². The monoisotopic (exact) mass is 662 g/mol. The molecule has 3 N–H and O–H groups in total. The molecule has 1 amide bonds. The van der Waals surface area contributed by atoms with Crippen molar-refractivity contribution < 1.29 is 41.8 Å². The van der Waals surface area contributed by atoms with Crippen molar-refractivity contribution in [3.63, 3.8) is 0 Å². The summed E-state index contributed by atoms with van der Waals surface area (Å²) in [5.74, 6) is -6.56. The van der Waals surface area contributed by atoms with Crippen molar-refractivity contribution in [3.05, 3.63) is 137 Å². The zero-order valence-electron chi connectivity index (χ0n) is 25.2. The number of amides is 1. The number of ketones is 1. The highest BCUT2D eigenvalue weighted by molar-refractivity contribution is 6.06. The first-order chi connectivity index (χ1) is 22.9. The summed E-state index contributed by atoms with van der Waals surface area (Å²) in [4.78, 5) is 70.2. The molecule has 248 valence electrons. The molecule has 4 aromatic rings. The Balaban J connectivity index is 1.77. The number of aromatic nitrogens is 2. The van der Waals surface area contributed by atoms with Gasteiger partial charge in [-0.2, -0.15) is 13.2 Å². The number of esters is 2. The largest absolute Gasteiger partial charge is 0.458 e. The average molecular weight is 663 g/mol. The molecule has 48 heavy (non-hydrogen) atoms. The van der Waals surface area contributed by atoms with E-state index in [2.05, 4.69) is 11.6 Å². The lowest BCUT2D eigenvalue weighted by Crippen LogP contribution is -2.66. The van der Waals surface area contributed by atoms with E-state index in [9.17, 15) is 37.1 Å². The molecular weight excluding hydrogens is 633 g/mol. The Labute approximate surface area is 271 Å². The highest BCUT2D eigenvalue weighted by atomic mass is 19.4. The standard InChI is InChI=1S/C34H29F3N4O7/c1-2-18-47-30(44)25-15-9-12-23(19-25)21-48-32(46)33(38,41-27(42)16-17-39-29(41)24-13-7-4-8-14-24)31(45)40-26(28(43)34(35,36)37)20-22-10-5-3-6-11-22/h2-17,19,26H,1,18,20-21,38H2,(H,40,45). The van der Waals surface area contributed by atoms with Gasteiger partial charge in [-0.1, -0.05) is 85.5 Å². The van der Waals surface area contributed by atoms with Gasteiger partial charge in [0.05, 0.1) is 5.56 Å². The van der Waals surface area contributed by atoms with E-state index in [1.165, 1.54) is 66.7 Å². The number of hydrogen-bond donors (Lipinski definition) is 2. The van der Waals surface area contributed by atoms with Gasteiger partial charge < -0.3 is 14.8 Å². The first-order valence-corrected chi connectivity index (χ1v) is 14.3. The molecule has 0 aliphatic carbocycles. The topological polar surface area (TPSA) is 160 Å². The quantitative estimate of drug-likeness (QED) is 0.124. The van der Waals surface area contributed by atoms with Crippen LogP contribution in [0.5, 0.6) is 0 Å². The van der Waals surface area contributed by atoms with Gasteiger partial charge in [0.2, 0.25) is 0 Å². The highest BCUT2D eigenvalue weighted by Gasteiger charge is 2.51. The maximum Gasteiger partial charge on any atom is 0.452 e. The van der Waals surface area contributed by atoms with Gasteiger partial charge in [-0.15, -0.1) is 0 Å². The van der Waals surface area contributed by atoms with E-state index in [1.807, 2.05) is 5.32 Å². The van der Waals surface area contributed by atoms with E-state index in [0.29, 0.717) is 4.57 Å². The molecule has 0 fully saturated rings. The number of alkyl halides is 3. The van der Waals surface area contributed by atoms with E-state index >= 15 is 0 Å². The lowest BCUT2D eigenvalue weighted by atomic mass is 10.00. The number of nitrogens with two attached hydrogens (primary N) is 1. The number of ether oxygens (including phenoxy) is 2. The van der Waals surface area contributed by atoms with Gasteiger partial charge in [0.15, 0.2) is 0 Å². The maximum atomic E-state index is 14.0. The summed E-state index contributed by atoms with van der Waals surface area (Å²) in [5.41, 5.74) is 3.01. The van der Waals surface area contributed by atoms with Crippen LogP contribution in [0.15, 0.2) is 115 Å². The van der Waals surface area contributed by atoms with Crippen LogP contribution in [-0.4, -0.2) is 52.0 Å². The van der Waals surface area contributed by atoms with Crippen LogP contribution < -0.4 is 16.6 Å².